The molecule has 0 spiro atoms. The maximum atomic E-state index is 9.18. The highest BCUT2D eigenvalue weighted by Crippen LogP contribution is 2.16. The van der Waals surface area contributed by atoms with Crippen LogP contribution in [-0.4, -0.2) is 40.7 Å². The van der Waals surface area contributed by atoms with Crippen LogP contribution in [0.2, 0.25) is 0 Å². The minimum absolute atomic E-state index is 0.302. The van der Waals surface area contributed by atoms with Gasteiger partial charge in [-0.25, -0.2) is 0 Å². The molecule has 0 radical (unpaired) electrons. The van der Waals surface area contributed by atoms with E-state index in [0.29, 0.717) is 12.6 Å². The zero-order chi connectivity index (χ0) is 10.5. The Bertz CT molecular complexity index is 289. The topological polar surface area (TPSA) is 36.4 Å². The van der Waals surface area contributed by atoms with E-state index in [4.69, 9.17) is 0 Å². The molecule has 1 aliphatic heterocycles. The van der Waals surface area contributed by atoms with Gasteiger partial charge < -0.3 is 5.11 Å². The fraction of sp³-hybridized carbons (Fsp3) is 0.583. The van der Waals surface area contributed by atoms with Gasteiger partial charge in [0.2, 0.25) is 0 Å². The van der Waals surface area contributed by atoms with Crippen LogP contribution < -0.4 is 0 Å². The summed E-state index contributed by atoms with van der Waals surface area (Å²) in [4.78, 5) is 6.39. The molecular weight excluding hydrogens is 188 g/mol. The molecule has 3 nitrogen and oxygen atoms in total. The maximum Gasteiger partial charge on any atom is 0.0586 e. The fourth-order valence-corrected chi connectivity index (χ4v) is 2.22. The highest BCUT2D eigenvalue weighted by Gasteiger charge is 2.22. The van der Waals surface area contributed by atoms with E-state index in [2.05, 4.69) is 22.0 Å². The van der Waals surface area contributed by atoms with E-state index in [1.165, 1.54) is 12.0 Å². The van der Waals surface area contributed by atoms with Crippen LogP contribution in [0.5, 0.6) is 0 Å². The van der Waals surface area contributed by atoms with Gasteiger partial charge in [0, 0.05) is 25.0 Å². The minimum atomic E-state index is 0.302. The second kappa shape index (κ2) is 5.24. The second-order valence-electron chi connectivity index (χ2n) is 4.12. The van der Waals surface area contributed by atoms with Crippen molar-refractivity contribution in [1.82, 2.24) is 9.88 Å². The molecule has 0 bridgehead atoms. The Balaban J connectivity index is 1.83. The van der Waals surface area contributed by atoms with Crippen molar-refractivity contribution in [3.8, 4) is 0 Å². The lowest BCUT2D eigenvalue weighted by molar-refractivity contribution is 0.160. The zero-order valence-corrected chi connectivity index (χ0v) is 8.97. The summed E-state index contributed by atoms with van der Waals surface area (Å²) in [5.41, 5.74) is 1.33. The van der Waals surface area contributed by atoms with Gasteiger partial charge in [-0.3, -0.25) is 9.88 Å². The van der Waals surface area contributed by atoms with E-state index < -0.39 is 0 Å². The third kappa shape index (κ3) is 2.76. The molecule has 0 aliphatic carbocycles. The van der Waals surface area contributed by atoms with Crippen molar-refractivity contribution in [3.05, 3.63) is 30.1 Å². The molecule has 2 heterocycles. The molecule has 1 aliphatic rings. The monoisotopic (exact) mass is 206 g/mol. The van der Waals surface area contributed by atoms with Crippen molar-refractivity contribution in [3.63, 3.8) is 0 Å². The molecule has 2 rings (SSSR count). The fourth-order valence-electron chi connectivity index (χ4n) is 2.22. The molecule has 0 unspecified atom stereocenters. The first-order valence-corrected chi connectivity index (χ1v) is 5.64. The van der Waals surface area contributed by atoms with Gasteiger partial charge in [0.1, 0.15) is 0 Å². The van der Waals surface area contributed by atoms with Gasteiger partial charge in [0.25, 0.3) is 0 Å². The van der Waals surface area contributed by atoms with Gasteiger partial charge in [0.15, 0.2) is 0 Å². The van der Waals surface area contributed by atoms with Crippen LogP contribution in [0.15, 0.2) is 24.5 Å². The summed E-state index contributed by atoms with van der Waals surface area (Å²) in [6, 6.07) is 4.51. The number of aromatic nitrogens is 1. The van der Waals surface area contributed by atoms with Crippen LogP contribution in [0.3, 0.4) is 0 Å². The van der Waals surface area contributed by atoms with Crippen molar-refractivity contribution in [2.45, 2.75) is 25.3 Å². The number of hydrogen-bond acceptors (Lipinski definition) is 3. The number of rotatable bonds is 4. The minimum Gasteiger partial charge on any atom is -0.395 e. The second-order valence-corrected chi connectivity index (χ2v) is 4.12. The van der Waals surface area contributed by atoms with Crippen molar-refractivity contribution in [2.75, 3.05) is 19.7 Å². The number of likely N-dealkylation sites (tertiary alicyclic amines) is 1. The van der Waals surface area contributed by atoms with E-state index in [0.717, 1.165) is 25.9 Å². The van der Waals surface area contributed by atoms with Gasteiger partial charge in [-0.2, -0.15) is 0 Å². The van der Waals surface area contributed by atoms with Crippen LogP contribution in [-0.2, 0) is 6.42 Å². The lowest BCUT2D eigenvalue weighted by Crippen LogP contribution is -2.33. The van der Waals surface area contributed by atoms with E-state index in [1.807, 2.05) is 12.4 Å². The van der Waals surface area contributed by atoms with Gasteiger partial charge in [-0.1, -0.05) is 0 Å². The number of aliphatic hydroxyl groups is 1. The number of hydrogen-bond donors (Lipinski definition) is 1. The van der Waals surface area contributed by atoms with Crippen molar-refractivity contribution in [2.24, 2.45) is 0 Å². The molecule has 1 saturated heterocycles. The summed E-state index contributed by atoms with van der Waals surface area (Å²) >= 11 is 0. The first kappa shape index (κ1) is 10.6. The van der Waals surface area contributed by atoms with Crippen LogP contribution in [0.25, 0.3) is 0 Å². The van der Waals surface area contributed by atoms with E-state index in [9.17, 15) is 5.11 Å². The SMILES string of the molecule is OC[C@H]1CCCN1CCc1ccncc1. The lowest BCUT2D eigenvalue weighted by atomic mass is 10.2. The molecule has 0 amide bonds. The molecule has 0 aromatic carbocycles. The normalized spacial score (nSPS) is 22.1. The quantitative estimate of drug-likeness (QED) is 0.801. The molecule has 1 atom stereocenters. The summed E-state index contributed by atoms with van der Waals surface area (Å²) in [6.45, 7) is 2.49. The summed E-state index contributed by atoms with van der Waals surface area (Å²) < 4.78 is 0. The van der Waals surface area contributed by atoms with Crippen LogP contribution in [0.1, 0.15) is 18.4 Å². The number of aliphatic hydroxyl groups excluding tert-OH is 1. The molecule has 15 heavy (non-hydrogen) atoms. The van der Waals surface area contributed by atoms with Crippen molar-refractivity contribution >= 4 is 0 Å². The first-order valence-electron chi connectivity index (χ1n) is 5.64. The summed E-state index contributed by atoms with van der Waals surface area (Å²) in [6.07, 6.45) is 7.10. The van der Waals surface area contributed by atoms with Crippen molar-refractivity contribution in [1.29, 1.82) is 0 Å². The smallest absolute Gasteiger partial charge is 0.0586 e. The van der Waals surface area contributed by atoms with Crippen molar-refractivity contribution < 1.29 is 5.11 Å². The Morgan fingerprint density at radius 2 is 2.20 bits per heavy atom. The lowest BCUT2D eigenvalue weighted by Gasteiger charge is -2.22. The molecule has 1 N–H and O–H groups in total. The average molecular weight is 206 g/mol. The largest absolute Gasteiger partial charge is 0.395 e. The summed E-state index contributed by atoms with van der Waals surface area (Å²) in [7, 11) is 0. The standard InChI is InChI=1S/C12H18N2O/c15-10-12-2-1-8-14(12)9-5-11-3-6-13-7-4-11/h3-4,6-7,12,15H,1-2,5,8-10H2/t12-/m1/s1. The molecule has 1 aromatic rings. The van der Waals surface area contributed by atoms with E-state index >= 15 is 0 Å². The summed E-state index contributed by atoms with van der Waals surface area (Å²) in [5, 5.41) is 9.18. The number of pyridine rings is 1. The molecule has 1 aromatic heterocycles. The predicted molar refractivity (Wildman–Crippen MR) is 59.6 cm³/mol. The van der Waals surface area contributed by atoms with Crippen LogP contribution in [0, 0.1) is 0 Å². The Kier molecular flexibility index (Phi) is 3.69. The summed E-state index contributed by atoms with van der Waals surface area (Å²) in [5.74, 6) is 0. The third-order valence-electron chi connectivity index (χ3n) is 3.15. The van der Waals surface area contributed by atoms with E-state index in [-0.39, 0.29) is 0 Å². The maximum absolute atomic E-state index is 9.18. The van der Waals surface area contributed by atoms with Gasteiger partial charge in [-0.05, 0) is 43.5 Å². The highest BCUT2D eigenvalue weighted by atomic mass is 16.3. The Labute approximate surface area is 90.8 Å². The zero-order valence-electron chi connectivity index (χ0n) is 8.97. The molecule has 0 saturated carbocycles. The Morgan fingerprint density at radius 3 is 2.93 bits per heavy atom. The van der Waals surface area contributed by atoms with Crippen LogP contribution >= 0.6 is 0 Å². The Hall–Kier alpha value is -0.930. The highest BCUT2D eigenvalue weighted by molar-refractivity contribution is 5.10. The molecule has 1 fully saturated rings. The Morgan fingerprint density at radius 1 is 1.40 bits per heavy atom. The van der Waals surface area contributed by atoms with Gasteiger partial charge in [-0.15, -0.1) is 0 Å². The van der Waals surface area contributed by atoms with Gasteiger partial charge in [0.05, 0.1) is 6.61 Å². The third-order valence-corrected chi connectivity index (χ3v) is 3.15. The molecule has 3 heteroatoms. The molecular formula is C12H18N2O. The first-order chi connectivity index (χ1) is 7.40. The molecule has 82 valence electrons. The number of nitrogens with zero attached hydrogens (tertiary/aromatic N) is 2. The van der Waals surface area contributed by atoms with Crippen LogP contribution in [0.4, 0.5) is 0 Å². The van der Waals surface area contributed by atoms with Gasteiger partial charge >= 0.3 is 0 Å². The average Bonchev–Trinajstić information content (AvgIpc) is 2.75. The predicted octanol–water partition coefficient (Wildman–Crippen LogP) is 1.08. The van der Waals surface area contributed by atoms with E-state index in [1.54, 1.807) is 0 Å².